The molecule has 1 atom stereocenters. The Hall–Kier alpha value is -2.06. The summed E-state index contributed by atoms with van der Waals surface area (Å²) in [4.78, 5) is 15.4. The van der Waals surface area contributed by atoms with E-state index in [0.717, 1.165) is 63.9 Å². The van der Waals surface area contributed by atoms with E-state index in [4.69, 9.17) is 4.74 Å². The quantitative estimate of drug-likeness (QED) is 0.744. The molecule has 2 fully saturated rings. The number of hydrogen-bond acceptors (Lipinski definition) is 7. The minimum atomic E-state index is -0.723. The maximum Gasteiger partial charge on any atom is 0.132 e. The Balaban J connectivity index is 1.32. The zero-order valence-corrected chi connectivity index (χ0v) is 18.1. The molecule has 162 valence electrons. The number of hydrogen-bond donors (Lipinski definition) is 1. The first-order valence-corrected chi connectivity index (χ1v) is 10.8. The van der Waals surface area contributed by atoms with Gasteiger partial charge in [-0.05, 0) is 31.5 Å². The summed E-state index contributed by atoms with van der Waals surface area (Å²) < 4.78 is 5.45. The number of β-amino-alcohol motifs (C(OH)–C–C–N with tert-alkyl or cyclic N) is 1. The van der Waals surface area contributed by atoms with Crippen LogP contribution in [0.15, 0.2) is 36.7 Å². The lowest BCUT2D eigenvalue weighted by atomic mass is 10.0. The fourth-order valence-electron chi connectivity index (χ4n) is 4.51. The number of nitrogens with zero attached hydrogens (tertiary/aromatic N) is 5. The molecule has 4 rings (SSSR count). The predicted octanol–water partition coefficient (Wildman–Crippen LogP) is 1.69. The van der Waals surface area contributed by atoms with E-state index in [1.807, 2.05) is 13.0 Å². The fraction of sp³-hybridized carbons (Fsp3) is 0.565. The number of morpholine rings is 1. The summed E-state index contributed by atoms with van der Waals surface area (Å²) in [6.45, 7) is 9.47. The Morgan fingerprint density at radius 1 is 1.13 bits per heavy atom. The number of aromatic nitrogens is 2. The van der Waals surface area contributed by atoms with Crippen LogP contribution in [-0.4, -0.2) is 83.5 Å². The van der Waals surface area contributed by atoms with E-state index < -0.39 is 5.60 Å². The molecule has 0 saturated carbocycles. The highest BCUT2D eigenvalue weighted by Crippen LogP contribution is 2.26. The van der Waals surface area contributed by atoms with Gasteiger partial charge in [0.1, 0.15) is 12.1 Å². The van der Waals surface area contributed by atoms with Crippen LogP contribution < -0.4 is 4.90 Å². The van der Waals surface area contributed by atoms with Crippen molar-refractivity contribution in [1.29, 1.82) is 0 Å². The third kappa shape index (κ3) is 5.55. The molecule has 2 aromatic rings. The van der Waals surface area contributed by atoms with Gasteiger partial charge in [-0.15, -0.1) is 0 Å². The first-order valence-electron chi connectivity index (χ1n) is 10.8. The van der Waals surface area contributed by atoms with Gasteiger partial charge in [-0.1, -0.05) is 24.3 Å². The highest BCUT2D eigenvalue weighted by atomic mass is 16.5. The first kappa shape index (κ1) is 21.2. The smallest absolute Gasteiger partial charge is 0.132 e. The van der Waals surface area contributed by atoms with Crippen LogP contribution in [-0.2, 0) is 17.8 Å². The van der Waals surface area contributed by atoms with Gasteiger partial charge < -0.3 is 14.7 Å². The van der Waals surface area contributed by atoms with Crippen LogP contribution in [0.1, 0.15) is 23.2 Å². The largest absolute Gasteiger partial charge is 0.387 e. The fourth-order valence-corrected chi connectivity index (χ4v) is 4.51. The Morgan fingerprint density at radius 2 is 1.93 bits per heavy atom. The number of ether oxygens (including phenoxy) is 1. The van der Waals surface area contributed by atoms with Crippen molar-refractivity contribution < 1.29 is 9.84 Å². The van der Waals surface area contributed by atoms with Crippen LogP contribution in [0, 0.1) is 6.92 Å². The average molecular weight is 412 g/mol. The number of likely N-dealkylation sites (N-methyl/N-ethyl adjacent to an activating group) is 1. The molecule has 7 nitrogen and oxygen atoms in total. The summed E-state index contributed by atoms with van der Waals surface area (Å²) >= 11 is 0. The van der Waals surface area contributed by atoms with Gasteiger partial charge in [-0.25, -0.2) is 9.97 Å². The molecule has 0 radical (unpaired) electrons. The van der Waals surface area contributed by atoms with Crippen LogP contribution in [0.2, 0.25) is 0 Å². The first-order chi connectivity index (χ1) is 14.5. The lowest BCUT2D eigenvalue weighted by Gasteiger charge is -2.29. The number of aliphatic hydroxyl groups is 1. The van der Waals surface area contributed by atoms with Gasteiger partial charge in [0.05, 0.1) is 18.8 Å². The maximum absolute atomic E-state index is 11.2. The average Bonchev–Trinajstić information content (AvgIpc) is 3.10. The SMILES string of the molecule is Cc1cc(N2CC[C@](O)(CN(C)Cc3cccc(CN4CCOCC4)c3)C2)ncn1. The molecule has 0 aliphatic carbocycles. The molecule has 0 unspecified atom stereocenters. The lowest BCUT2D eigenvalue weighted by molar-refractivity contribution is 0.0279. The second-order valence-corrected chi connectivity index (χ2v) is 8.79. The third-order valence-corrected chi connectivity index (χ3v) is 5.96. The molecule has 1 aromatic heterocycles. The van der Waals surface area contributed by atoms with Gasteiger partial charge in [-0.2, -0.15) is 0 Å². The van der Waals surface area contributed by atoms with E-state index in [0.29, 0.717) is 13.1 Å². The molecule has 7 heteroatoms. The Labute approximate surface area is 179 Å². The Kier molecular flexibility index (Phi) is 6.63. The van der Waals surface area contributed by atoms with Gasteiger partial charge in [0.15, 0.2) is 0 Å². The van der Waals surface area contributed by atoms with E-state index >= 15 is 0 Å². The summed E-state index contributed by atoms with van der Waals surface area (Å²) in [7, 11) is 2.09. The van der Waals surface area contributed by atoms with E-state index in [9.17, 15) is 5.11 Å². The molecule has 2 aliphatic heterocycles. The molecule has 1 aromatic carbocycles. The minimum absolute atomic E-state index is 0.602. The molecule has 0 amide bonds. The van der Waals surface area contributed by atoms with Gasteiger partial charge >= 0.3 is 0 Å². The van der Waals surface area contributed by atoms with Crippen LogP contribution in [0.3, 0.4) is 0 Å². The monoisotopic (exact) mass is 411 g/mol. The van der Waals surface area contributed by atoms with Crippen LogP contribution in [0.5, 0.6) is 0 Å². The van der Waals surface area contributed by atoms with E-state index in [2.05, 4.69) is 56.0 Å². The number of anilines is 1. The molecule has 3 heterocycles. The van der Waals surface area contributed by atoms with Crippen LogP contribution >= 0.6 is 0 Å². The van der Waals surface area contributed by atoms with E-state index in [1.54, 1.807) is 6.33 Å². The maximum atomic E-state index is 11.2. The van der Waals surface area contributed by atoms with Crippen LogP contribution in [0.25, 0.3) is 0 Å². The normalized spacial score (nSPS) is 22.7. The zero-order chi connectivity index (χ0) is 21.0. The summed E-state index contributed by atoms with van der Waals surface area (Å²) in [6, 6.07) is 10.8. The topological polar surface area (TPSA) is 65.0 Å². The Bertz CT molecular complexity index is 842. The second-order valence-electron chi connectivity index (χ2n) is 8.79. The molecule has 2 saturated heterocycles. The summed E-state index contributed by atoms with van der Waals surface area (Å²) in [5.74, 6) is 0.900. The highest BCUT2D eigenvalue weighted by molar-refractivity contribution is 5.41. The van der Waals surface area contributed by atoms with Crippen molar-refractivity contribution in [2.45, 2.75) is 32.0 Å². The summed E-state index contributed by atoms with van der Waals surface area (Å²) in [6.07, 6.45) is 2.34. The lowest BCUT2D eigenvalue weighted by Crippen LogP contribution is -2.43. The Morgan fingerprint density at radius 3 is 2.73 bits per heavy atom. The molecular formula is C23H33N5O2. The van der Waals surface area contributed by atoms with Crippen molar-refractivity contribution in [1.82, 2.24) is 19.8 Å². The molecule has 0 bridgehead atoms. The van der Waals surface area contributed by atoms with E-state index in [1.165, 1.54) is 11.1 Å². The predicted molar refractivity (Wildman–Crippen MR) is 117 cm³/mol. The molecule has 30 heavy (non-hydrogen) atoms. The summed E-state index contributed by atoms with van der Waals surface area (Å²) in [5, 5.41) is 11.2. The van der Waals surface area contributed by atoms with Crippen molar-refractivity contribution in [3.05, 3.63) is 53.5 Å². The zero-order valence-electron chi connectivity index (χ0n) is 18.1. The van der Waals surface area contributed by atoms with Gasteiger partial charge in [-0.3, -0.25) is 9.80 Å². The number of aryl methyl sites for hydroxylation is 1. The minimum Gasteiger partial charge on any atom is -0.387 e. The standard InChI is InChI=1S/C23H33N5O2/c1-19-12-22(25-18-24-19)28-7-6-23(29,17-28)16-26(2)14-20-4-3-5-21(13-20)15-27-8-10-30-11-9-27/h3-5,12-13,18,29H,6-11,14-17H2,1-2H3/t23-/m0/s1. The van der Waals surface area contributed by atoms with Crippen molar-refractivity contribution in [3.63, 3.8) is 0 Å². The van der Waals surface area contributed by atoms with Crippen molar-refractivity contribution in [3.8, 4) is 0 Å². The third-order valence-electron chi connectivity index (χ3n) is 5.96. The van der Waals surface area contributed by atoms with E-state index in [-0.39, 0.29) is 0 Å². The van der Waals surface area contributed by atoms with Crippen LogP contribution in [0.4, 0.5) is 5.82 Å². The second kappa shape index (κ2) is 9.39. The molecule has 1 N–H and O–H groups in total. The van der Waals surface area contributed by atoms with Gasteiger partial charge in [0.25, 0.3) is 0 Å². The van der Waals surface area contributed by atoms with Gasteiger partial charge in [0, 0.05) is 57.6 Å². The van der Waals surface area contributed by atoms with Crippen molar-refractivity contribution in [2.24, 2.45) is 0 Å². The van der Waals surface area contributed by atoms with Crippen molar-refractivity contribution >= 4 is 5.82 Å². The number of rotatable bonds is 7. The number of benzene rings is 1. The highest BCUT2D eigenvalue weighted by Gasteiger charge is 2.37. The molecular weight excluding hydrogens is 378 g/mol. The van der Waals surface area contributed by atoms with Crippen molar-refractivity contribution in [2.75, 3.05) is 57.9 Å². The van der Waals surface area contributed by atoms with Gasteiger partial charge in [0.2, 0.25) is 0 Å². The summed E-state index contributed by atoms with van der Waals surface area (Å²) in [5.41, 5.74) is 2.85. The molecule has 2 aliphatic rings. The molecule has 0 spiro atoms.